The van der Waals surface area contributed by atoms with Crippen LogP contribution in [-0.2, 0) is 9.59 Å². The predicted octanol–water partition coefficient (Wildman–Crippen LogP) is 3.99. The van der Waals surface area contributed by atoms with Gasteiger partial charge in [0.05, 0.1) is 18.5 Å². The quantitative estimate of drug-likeness (QED) is 0.674. The summed E-state index contributed by atoms with van der Waals surface area (Å²) in [6.45, 7) is 5.19. The maximum absolute atomic E-state index is 13.4. The van der Waals surface area contributed by atoms with Gasteiger partial charge in [-0.3, -0.25) is 14.5 Å². The fourth-order valence-corrected chi connectivity index (χ4v) is 5.36. The molecule has 2 aliphatic heterocycles. The van der Waals surface area contributed by atoms with E-state index in [4.69, 9.17) is 9.52 Å². The lowest BCUT2D eigenvalue weighted by atomic mass is 9.88. The Bertz CT molecular complexity index is 1020. The molecule has 2 fully saturated rings. The third kappa shape index (κ3) is 4.94. The largest absolute Gasteiger partial charge is 0.467 e. The minimum Gasteiger partial charge on any atom is -0.467 e. The summed E-state index contributed by atoms with van der Waals surface area (Å²) in [7, 11) is 0. The summed E-state index contributed by atoms with van der Waals surface area (Å²) in [6, 6.07) is 11.8. The molecular formula is C27H34N4O3. The molecule has 2 amide bonds. The Kier molecular flexibility index (Phi) is 6.81. The number of benzene rings is 1. The highest BCUT2D eigenvalue weighted by Crippen LogP contribution is 2.33. The van der Waals surface area contributed by atoms with E-state index >= 15 is 0 Å². The molecular weight excluding hydrogens is 428 g/mol. The molecule has 0 spiro atoms. The molecule has 1 atom stereocenters. The first-order valence-corrected chi connectivity index (χ1v) is 12.6. The van der Waals surface area contributed by atoms with Crippen LogP contribution in [0.4, 0.5) is 0 Å². The van der Waals surface area contributed by atoms with Crippen LogP contribution < -0.4 is 0 Å². The summed E-state index contributed by atoms with van der Waals surface area (Å²) in [5.74, 6) is 1.24. The maximum atomic E-state index is 13.4. The lowest BCUT2D eigenvalue weighted by Gasteiger charge is -2.37. The third-order valence-corrected chi connectivity index (χ3v) is 7.42. The van der Waals surface area contributed by atoms with E-state index in [2.05, 4.69) is 36.1 Å². The number of piperazine rings is 1. The number of carbonyl (C=O) groups excluding carboxylic acids is 2. The van der Waals surface area contributed by atoms with Crippen molar-refractivity contribution in [1.29, 1.82) is 0 Å². The minimum atomic E-state index is -0.229. The molecule has 34 heavy (non-hydrogen) atoms. The summed E-state index contributed by atoms with van der Waals surface area (Å²) in [6.07, 6.45) is 7.93. The van der Waals surface area contributed by atoms with E-state index in [9.17, 15) is 9.59 Å². The molecule has 1 saturated heterocycles. The first-order valence-electron chi connectivity index (χ1n) is 12.6. The van der Waals surface area contributed by atoms with Crippen molar-refractivity contribution in [2.45, 2.75) is 51.5 Å². The molecule has 0 bridgehead atoms. The number of aryl methyl sites for hydroxylation is 1. The molecule has 2 aromatic rings. The minimum absolute atomic E-state index is 0.0319. The van der Waals surface area contributed by atoms with Crippen LogP contribution in [-0.4, -0.2) is 65.1 Å². The van der Waals surface area contributed by atoms with Gasteiger partial charge in [0.1, 0.15) is 11.8 Å². The molecule has 1 unspecified atom stereocenters. The lowest BCUT2D eigenvalue weighted by Crippen LogP contribution is -2.52. The first-order chi connectivity index (χ1) is 16.6. The molecule has 1 aromatic heterocycles. The molecule has 5 rings (SSSR count). The average Bonchev–Trinajstić information content (AvgIpc) is 3.55. The van der Waals surface area contributed by atoms with Gasteiger partial charge in [0, 0.05) is 38.5 Å². The Morgan fingerprint density at radius 1 is 1.00 bits per heavy atom. The molecule has 7 nitrogen and oxygen atoms in total. The van der Waals surface area contributed by atoms with E-state index in [1.54, 1.807) is 11.3 Å². The van der Waals surface area contributed by atoms with E-state index in [0.717, 1.165) is 43.0 Å². The van der Waals surface area contributed by atoms with E-state index in [1.807, 2.05) is 17.0 Å². The monoisotopic (exact) mass is 462 g/mol. The molecule has 1 aromatic carbocycles. The lowest BCUT2D eigenvalue weighted by molar-refractivity contribution is -0.139. The van der Waals surface area contributed by atoms with Crippen molar-refractivity contribution in [3.63, 3.8) is 0 Å². The van der Waals surface area contributed by atoms with Crippen molar-refractivity contribution >= 4 is 17.5 Å². The maximum Gasteiger partial charge on any atom is 0.257 e. The van der Waals surface area contributed by atoms with Crippen LogP contribution in [0.25, 0.3) is 0 Å². The van der Waals surface area contributed by atoms with Gasteiger partial charge in [0.2, 0.25) is 5.91 Å². The summed E-state index contributed by atoms with van der Waals surface area (Å²) in [5.41, 5.74) is 3.13. The van der Waals surface area contributed by atoms with Crippen molar-refractivity contribution in [3.8, 4) is 0 Å². The number of hydrazone groups is 1. The smallest absolute Gasteiger partial charge is 0.257 e. The topological polar surface area (TPSA) is 69.4 Å². The number of hydrogen-bond acceptors (Lipinski definition) is 5. The van der Waals surface area contributed by atoms with Crippen LogP contribution in [0.2, 0.25) is 0 Å². The molecule has 7 heteroatoms. The van der Waals surface area contributed by atoms with E-state index in [0.29, 0.717) is 32.0 Å². The second kappa shape index (κ2) is 10.1. The zero-order chi connectivity index (χ0) is 23.5. The van der Waals surface area contributed by atoms with Gasteiger partial charge in [-0.2, -0.15) is 5.10 Å². The standard InChI is InChI=1S/C27H34N4O3/c1-20-9-11-21(12-10-20)23-18-24(25-8-5-17-34-25)31(28-23)26(32)19-29-13-15-30(16-14-29)27(33)22-6-3-2-4-7-22/h5,8-12,17,22,24H,2-4,6-7,13-16,18-19H2,1H3. The van der Waals surface area contributed by atoms with Gasteiger partial charge in [-0.1, -0.05) is 49.1 Å². The van der Waals surface area contributed by atoms with Gasteiger partial charge in [0.15, 0.2) is 0 Å². The number of carbonyl (C=O) groups is 2. The van der Waals surface area contributed by atoms with Gasteiger partial charge in [-0.15, -0.1) is 0 Å². The zero-order valence-electron chi connectivity index (χ0n) is 20.0. The Labute approximate surface area is 201 Å². The Morgan fingerprint density at radius 2 is 1.74 bits per heavy atom. The zero-order valence-corrected chi connectivity index (χ0v) is 20.0. The van der Waals surface area contributed by atoms with Crippen molar-refractivity contribution in [2.24, 2.45) is 11.0 Å². The Morgan fingerprint density at radius 3 is 2.41 bits per heavy atom. The van der Waals surface area contributed by atoms with Crippen LogP contribution >= 0.6 is 0 Å². The first kappa shape index (κ1) is 22.8. The second-order valence-corrected chi connectivity index (χ2v) is 9.82. The number of hydrogen-bond donors (Lipinski definition) is 0. The van der Waals surface area contributed by atoms with E-state index in [1.165, 1.54) is 24.8 Å². The molecule has 1 aliphatic carbocycles. The van der Waals surface area contributed by atoms with Gasteiger partial charge in [-0.05, 0) is 37.5 Å². The van der Waals surface area contributed by atoms with Crippen LogP contribution in [0.1, 0.15) is 61.5 Å². The highest BCUT2D eigenvalue weighted by molar-refractivity contribution is 6.03. The fourth-order valence-electron chi connectivity index (χ4n) is 5.36. The molecule has 1 saturated carbocycles. The average molecular weight is 463 g/mol. The van der Waals surface area contributed by atoms with Crippen LogP contribution in [0.15, 0.2) is 52.2 Å². The molecule has 180 valence electrons. The Hall–Kier alpha value is -2.93. The number of nitrogens with zero attached hydrogens (tertiary/aromatic N) is 4. The van der Waals surface area contributed by atoms with Crippen molar-refractivity contribution in [3.05, 3.63) is 59.5 Å². The van der Waals surface area contributed by atoms with Gasteiger partial charge < -0.3 is 9.32 Å². The molecule has 0 radical (unpaired) electrons. The van der Waals surface area contributed by atoms with E-state index < -0.39 is 0 Å². The third-order valence-electron chi connectivity index (χ3n) is 7.42. The second-order valence-electron chi connectivity index (χ2n) is 9.82. The normalized spacial score (nSPS) is 22.1. The summed E-state index contributed by atoms with van der Waals surface area (Å²) in [5, 5.41) is 6.35. The summed E-state index contributed by atoms with van der Waals surface area (Å²) in [4.78, 5) is 30.4. The number of rotatable bonds is 5. The Balaban J connectivity index is 1.22. The highest BCUT2D eigenvalue weighted by Gasteiger charge is 2.36. The molecule has 3 aliphatic rings. The van der Waals surface area contributed by atoms with Crippen LogP contribution in [0.5, 0.6) is 0 Å². The van der Waals surface area contributed by atoms with Crippen molar-refractivity contribution in [2.75, 3.05) is 32.7 Å². The van der Waals surface area contributed by atoms with Gasteiger partial charge in [-0.25, -0.2) is 5.01 Å². The van der Waals surface area contributed by atoms with Crippen LogP contribution in [0.3, 0.4) is 0 Å². The summed E-state index contributed by atoms with van der Waals surface area (Å²) < 4.78 is 5.66. The molecule has 3 heterocycles. The SMILES string of the molecule is Cc1ccc(C2=NN(C(=O)CN3CCN(C(=O)C4CCCCC4)CC3)C(c3ccco3)C2)cc1. The number of furan rings is 1. The van der Waals surface area contributed by atoms with Crippen LogP contribution in [0, 0.1) is 12.8 Å². The van der Waals surface area contributed by atoms with E-state index in [-0.39, 0.29) is 17.9 Å². The predicted molar refractivity (Wildman–Crippen MR) is 130 cm³/mol. The fraction of sp³-hybridized carbons (Fsp3) is 0.519. The van der Waals surface area contributed by atoms with Crippen molar-refractivity contribution in [1.82, 2.24) is 14.8 Å². The highest BCUT2D eigenvalue weighted by atomic mass is 16.3. The number of amides is 2. The summed E-state index contributed by atoms with van der Waals surface area (Å²) >= 11 is 0. The van der Waals surface area contributed by atoms with Crippen molar-refractivity contribution < 1.29 is 14.0 Å². The van der Waals surface area contributed by atoms with Gasteiger partial charge >= 0.3 is 0 Å². The van der Waals surface area contributed by atoms with Gasteiger partial charge in [0.25, 0.3) is 5.91 Å². The molecule has 0 N–H and O–H groups in total.